The van der Waals surface area contributed by atoms with Crippen molar-refractivity contribution in [2.75, 3.05) is 13.1 Å². The number of fused-ring (bicyclic) bond motifs is 1. The number of rotatable bonds is 2. The first kappa shape index (κ1) is 11.5. The van der Waals surface area contributed by atoms with E-state index in [1.165, 1.54) is 19.3 Å². The third-order valence-corrected chi connectivity index (χ3v) is 3.68. The molecule has 0 saturated carbocycles. The van der Waals surface area contributed by atoms with Crippen molar-refractivity contribution < 1.29 is 5.11 Å². The highest BCUT2D eigenvalue weighted by Crippen LogP contribution is 2.27. The lowest BCUT2D eigenvalue weighted by Crippen LogP contribution is -2.29. The molecule has 1 aromatic heterocycles. The molecule has 1 aliphatic heterocycles. The minimum atomic E-state index is 0.361. The lowest BCUT2D eigenvalue weighted by atomic mass is 10.1. The first-order valence-corrected chi connectivity index (χ1v) is 6.63. The molecule has 96 valence electrons. The van der Waals surface area contributed by atoms with Crippen LogP contribution >= 0.6 is 0 Å². The summed E-state index contributed by atoms with van der Waals surface area (Å²) in [4.78, 5) is 10.1. The van der Waals surface area contributed by atoms with E-state index in [0.717, 1.165) is 42.1 Å². The average Bonchev–Trinajstić information content (AvgIpc) is 2.75. The summed E-state index contributed by atoms with van der Waals surface area (Å²) in [6, 6.07) is 3.66. The molecule has 0 amide bonds. The molecule has 0 spiro atoms. The molecule has 4 heteroatoms. The van der Waals surface area contributed by atoms with Crippen LogP contribution in [0, 0.1) is 6.92 Å². The van der Waals surface area contributed by atoms with Gasteiger partial charge in [-0.25, -0.2) is 4.98 Å². The number of piperidine rings is 1. The van der Waals surface area contributed by atoms with E-state index >= 15 is 0 Å². The van der Waals surface area contributed by atoms with E-state index in [9.17, 15) is 5.11 Å². The third-order valence-electron chi connectivity index (χ3n) is 3.68. The van der Waals surface area contributed by atoms with Gasteiger partial charge in [0.15, 0.2) is 0 Å². The summed E-state index contributed by atoms with van der Waals surface area (Å²) in [6.07, 6.45) is 3.85. The number of aromatic nitrogens is 2. The van der Waals surface area contributed by atoms with Gasteiger partial charge in [-0.3, -0.25) is 4.90 Å². The number of hydrogen-bond acceptors (Lipinski definition) is 3. The molecule has 1 fully saturated rings. The van der Waals surface area contributed by atoms with Crippen LogP contribution < -0.4 is 0 Å². The molecular formula is C14H19N3O. The topological polar surface area (TPSA) is 52.1 Å². The van der Waals surface area contributed by atoms with E-state index in [1.54, 1.807) is 6.07 Å². The Bertz CT molecular complexity index is 555. The van der Waals surface area contributed by atoms with Gasteiger partial charge >= 0.3 is 0 Å². The van der Waals surface area contributed by atoms with Crippen molar-refractivity contribution in [3.8, 4) is 5.75 Å². The van der Waals surface area contributed by atoms with E-state index < -0.39 is 0 Å². The zero-order chi connectivity index (χ0) is 12.5. The number of hydrogen-bond donors (Lipinski definition) is 2. The highest BCUT2D eigenvalue weighted by Gasteiger charge is 2.16. The molecule has 0 atom stereocenters. The molecule has 0 radical (unpaired) electrons. The zero-order valence-corrected chi connectivity index (χ0v) is 10.7. The van der Waals surface area contributed by atoms with Crippen LogP contribution in [-0.2, 0) is 6.54 Å². The number of aromatic hydroxyl groups is 1. The molecule has 1 aromatic carbocycles. The molecule has 4 nitrogen and oxygen atoms in total. The van der Waals surface area contributed by atoms with Crippen molar-refractivity contribution in [1.29, 1.82) is 0 Å². The minimum Gasteiger partial charge on any atom is -0.508 e. The summed E-state index contributed by atoms with van der Waals surface area (Å²) in [7, 11) is 0. The molecule has 0 bridgehead atoms. The fourth-order valence-electron chi connectivity index (χ4n) is 2.74. The number of likely N-dealkylation sites (tertiary alicyclic amines) is 1. The molecule has 2 aromatic rings. The van der Waals surface area contributed by atoms with E-state index in [1.807, 2.05) is 13.0 Å². The number of H-pyrrole nitrogens is 1. The van der Waals surface area contributed by atoms with Crippen LogP contribution in [0.2, 0.25) is 0 Å². The Hall–Kier alpha value is -1.55. The van der Waals surface area contributed by atoms with Gasteiger partial charge in [-0.2, -0.15) is 0 Å². The van der Waals surface area contributed by atoms with E-state index in [-0.39, 0.29) is 0 Å². The van der Waals surface area contributed by atoms with Gasteiger partial charge in [-0.15, -0.1) is 0 Å². The number of aryl methyl sites for hydroxylation is 1. The van der Waals surface area contributed by atoms with Crippen LogP contribution in [0.15, 0.2) is 12.1 Å². The fourth-order valence-corrected chi connectivity index (χ4v) is 2.74. The van der Waals surface area contributed by atoms with Gasteiger partial charge in [0.05, 0.1) is 11.0 Å². The summed E-state index contributed by atoms with van der Waals surface area (Å²) < 4.78 is 0. The molecule has 2 N–H and O–H groups in total. The standard InChI is InChI=1S/C14H19N3O/c1-10-15-12-5-6-13(18)11(14(12)16-10)9-17-7-3-2-4-8-17/h5-6,18H,2-4,7-9H2,1H3,(H,15,16). The summed E-state index contributed by atoms with van der Waals surface area (Å²) in [5, 5.41) is 10.1. The predicted octanol–water partition coefficient (Wildman–Crippen LogP) is 2.56. The Balaban J connectivity index is 1.96. The molecule has 0 aliphatic carbocycles. The molecule has 2 heterocycles. The zero-order valence-electron chi connectivity index (χ0n) is 10.7. The minimum absolute atomic E-state index is 0.361. The van der Waals surface area contributed by atoms with Gasteiger partial charge in [0, 0.05) is 12.1 Å². The van der Waals surface area contributed by atoms with Crippen LogP contribution in [-0.4, -0.2) is 33.1 Å². The van der Waals surface area contributed by atoms with Gasteiger partial charge in [-0.05, 0) is 45.0 Å². The van der Waals surface area contributed by atoms with Crippen molar-refractivity contribution >= 4 is 11.0 Å². The first-order valence-electron chi connectivity index (χ1n) is 6.63. The molecule has 0 unspecified atom stereocenters. The fraction of sp³-hybridized carbons (Fsp3) is 0.500. The Morgan fingerprint density at radius 2 is 2.06 bits per heavy atom. The van der Waals surface area contributed by atoms with Crippen molar-refractivity contribution in [2.45, 2.75) is 32.7 Å². The predicted molar refractivity (Wildman–Crippen MR) is 71.6 cm³/mol. The van der Waals surface area contributed by atoms with Gasteiger partial charge in [0.1, 0.15) is 11.6 Å². The lowest BCUT2D eigenvalue weighted by Gasteiger charge is -2.26. The first-order chi connectivity index (χ1) is 8.74. The highest BCUT2D eigenvalue weighted by atomic mass is 16.3. The largest absolute Gasteiger partial charge is 0.508 e. The SMILES string of the molecule is Cc1nc2c(CN3CCCCC3)c(O)ccc2[nH]1. The van der Waals surface area contributed by atoms with Crippen molar-refractivity contribution in [3.63, 3.8) is 0 Å². The maximum Gasteiger partial charge on any atom is 0.122 e. The van der Waals surface area contributed by atoms with Crippen LogP contribution in [0.4, 0.5) is 0 Å². The van der Waals surface area contributed by atoms with Gasteiger partial charge in [0.25, 0.3) is 0 Å². The van der Waals surface area contributed by atoms with Crippen molar-refractivity contribution in [1.82, 2.24) is 14.9 Å². The average molecular weight is 245 g/mol. The molecule has 18 heavy (non-hydrogen) atoms. The second kappa shape index (κ2) is 4.61. The van der Waals surface area contributed by atoms with Gasteiger partial charge in [0.2, 0.25) is 0 Å². The molecule has 1 saturated heterocycles. The maximum atomic E-state index is 10.1. The monoisotopic (exact) mass is 245 g/mol. The Morgan fingerprint density at radius 1 is 1.28 bits per heavy atom. The highest BCUT2D eigenvalue weighted by molar-refractivity contribution is 5.81. The number of aromatic amines is 1. The van der Waals surface area contributed by atoms with Crippen LogP contribution in [0.1, 0.15) is 30.7 Å². The van der Waals surface area contributed by atoms with Crippen molar-refractivity contribution in [3.05, 3.63) is 23.5 Å². The summed E-state index contributed by atoms with van der Waals surface area (Å²) in [5.74, 6) is 1.26. The quantitative estimate of drug-likeness (QED) is 0.855. The number of benzene rings is 1. The van der Waals surface area contributed by atoms with E-state index in [2.05, 4.69) is 14.9 Å². The van der Waals surface area contributed by atoms with Crippen LogP contribution in [0.3, 0.4) is 0 Å². The molecular weight excluding hydrogens is 226 g/mol. The van der Waals surface area contributed by atoms with Crippen LogP contribution in [0.25, 0.3) is 11.0 Å². The summed E-state index contributed by atoms with van der Waals surface area (Å²) in [5.41, 5.74) is 2.88. The maximum absolute atomic E-state index is 10.1. The number of imidazole rings is 1. The number of phenolic OH excluding ortho intramolecular Hbond substituents is 1. The third kappa shape index (κ3) is 2.08. The van der Waals surface area contributed by atoms with Crippen LogP contribution in [0.5, 0.6) is 5.75 Å². The second-order valence-corrected chi connectivity index (χ2v) is 5.12. The second-order valence-electron chi connectivity index (χ2n) is 5.12. The van der Waals surface area contributed by atoms with E-state index in [4.69, 9.17) is 0 Å². The smallest absolute Gasteiger partial charge is 0.122 e. The normalized spacial score (nSPS) is 17.4. The number of nitrogens with one attached hydrogen (secondary N) is 1. The summed E-state index contributed by atoms with van der Waals surface area (Å²) in [6.45, 7) is 4.99. The molecule has 3 rings (SSSR count). The number of phenols is 1. The van der Waals surface area contributed by atoms with Crippen molar-refractivity contribution in [2.24, 2.45) is 0 Å². The lowest BCUT2D eigenvalue weighted by molar-refractivity contribution is 0.219. The number of nitrogens with zero attached hydrogens (tertiary/aromatic N) is 2. The van der Waals surface area contributed by atoms with Gasteiger partial charge < -0.3 is 10.1 Å². The Kier molecular flexibility index (Phi) is 2.96. The van der Waals surface area contributed by atoms with Gasteiger partial charge in [-0.1, -0.05) is 6.42 Å². The summed E-state index contributed by atoms with van der Waals surface area (Å²) >= 11 is 0. The Morgan fingerprint density at radius 3 is 2.83 bits per heavy atom. The Labute approximate surface area is 107 Å². The molecule has 1 aliphatic rings. The van der Waals surface area contributed by atoms with E-state index in [0.29, 0.717) is 5.75 Å².